The van der Waals surface area contributed by atoms with E-state index in [4.69, 9.17) is 10.5 Å². The number of carbonyl (C=O) groups is 4. The number of carbonyl (C=O) groups excluding carboxylic acids is 4. The van der Waals surface area contributed by atoms with Crippen LogP contribution in [0.1, 0.15) is 90.7 Å². The van der Waals surface area contributed by atoms with Crippen LogP contribution >= 0.6 is 0 Å². The van der Waals surface area contributed by atoms with Gasteiger partial charge >= 0.3 is 6.09 Å². The van der Waals surface area contributed by atoms with Gasteiger partial charge in [-0.2, -0.15) is 0 Å². The van der Waals surface area contributed by atoms with Crippen molar-refractivity contribution >= 4 is 40.3 Å². The van der Waals surface area contributed by atoms with E-state index < -0.39 is 41.5 Å². The van der Waals surface area contributed by atoms with E-state index >= 15 is 0 Å². The van der Waals surface area contributed by atoms with Gasteiger partial charge in [0, 0.05) is 18.7 Å². The van der Waals surface area contributed by atoms with Crippen LogP contribution in [0.2, 0.25) is 0 Å². The molecule has 0 bridgehead atoms. The number of nitrogens with one attached hydrogen (secondary N) is 2. The van der Waals surface area contributed by atoms with E-state index in [2.05, 4.69) is 17.6 Å². The molecule has 3 aromatic carbocycles. The van der Waals surface area contributed by atoms with E-state index in [1.807, 2.05) is 36.4 Å². The topological polar surface area (TPSA) is 151 Å². The second-order valence-corrected chi connectivity index (χ2v) is 12.6. The molecule has 10 heteroatoms. The average Bonchev–Trinajstić information content (AvgIpc) is 2.99. The number of fused-ring (bicyclic) bond motifs is 1. The minimum Gasteiger partial charge on any atom is -0.508 e. The van der Waals surface area contributed by atoms with Gasteiger partial charge in [0.15, 0.2) is 0 Å². The van der Waals surface area contributed by atoms with Gasteiger partial charge in [-0.05, 0) is 74.2 Å². The fourth-order valence-corrected chi connectivity index (χ4v) is 5.27. The maximum Gasteiger partial charge on any atom is 0.408 e. The lowest BCUT2D eigenvalue weighted by Crippen LogP contribution is -2.52. The summed E-state index contributed by atoms with van der Waals surface area (Å²) < 4.78 is 5.41. The maximum absolute atomic E-state index is 14.4. The minimum atomic E-state index is -1.20. The fourth-order valence-electron chi connectivity index (χ4n) is 5.27. The molecule has 0 aliphatic rings. The predicted molar refractivity (Wildman–Crippen MR) is 180 cm³/mol. The molecular weight excluding hydrogens is 584 g/mol. The Morgan fingerprint density at radius 2 is 1.59 bits per heavy atom. The summed E-state index contributed by atoms with van der Waals surface area (Å²) in [5.74, 6) is -1.76. The summed E-state index contributed by atoms with van der Waals surface area (Å²) in [4.78, 5) is 54.6. The number of nitrogens with two attached hydrogens (primary N) is 1. The van der Waals surface area contributed by atoms with Crippen molar-refractivity contribution in [1.29, 1.82) is 0 Å². The molecule has 0 fully saturated rings. The first-order chi connectivity index (χ1) is 21.9. The number of ether oxygens (including phenoxy) is 1. The first-order valence-electron chi connectivity index (χ1n) is 16.0. The molecule has 2 atom stereocenters. The number of nitrogens with zero attached hydrogens (tertiary/aromatic N) is 1. The molecule has 0 aliphatic heterocycles. The molecule has 0 aliphatic carbocycles. The van der Waals surface area contributed by atoms with Crippen molar-refractivity contribution < 1.29 is 29.0 Å². The maximum atomic E-state index is 14.4. The van der Waals surface area contributed by atoms with Crippen LogP contribution in [0, 0.1) is 0 Å². The normalized spacial score (nSPS) is 12.6. The van der Waals surface area contributed by atoms with Crippen LogP contribution in [0.5, 0.6) is 5.75 Å². The van der Waals surface area contributed by atoms with E-state index in [1.54, 1.807) is 39.0 Å². The van der Waals surface area contributed by atoms with E-state index in [9.17, 15) is 24.3 Å². The summed E-state index contributed by atoms with van der Waals surface area (Å²) in [5, 5.41) is 17.9. The number of rotatable bonds is 16. The molecule has 0 aromatic heterocycles. The number of hydrogen-bond acceptors (Lipinski definition) is 6. The quantitative estimate of drug-likeness (QED) is 0.131. The third-order valence-corrected chi connectivity index (χ3v) is 7.47. The largest absolute Gasteiger partial charge is 0.508 e. The van der Waals surface area contributed by atoms with Crippen molar-refractivity contribution in [3.05, 3.63) is 72.3 Å². The van der Waals surface area contributed by atoms with Gasteiger partial charge in [0.25, 0.3) is 5.91 Å². The molecule has 3 rings (SSSR count). The lowest BCUT2D eigenvalue weighted by Gasteiger charge is -2.34. The minimum absolute atomic E-state index is 0.0647. The van der Waals surface area contributed by atoms with Crippen molar-refractivity contribution in [2.24, 2.45) is 5.73 Å². The molecule has 2 unspecified atom stereocenters. The number of primary amides is 1. The molecule has 10 nitrogen and oxygen atoms in total. The van der Waals surface area contributed by atoms with Gasteiger partial charge in [-0.3, -0.25) is 14.4 Å². The fraction of sp³-hybridized carbons (Fsp3) is 0.444. The molecule has 0 saturated carbocycles. The van der Waals surface area contributed by atoms with Crippen molar-refractivity contribution in [3.8, 4) is 5.75 Å². The summed E-state index contributed by atoms with van der Waals surface area (Å²) >= 11 is 0. The van der Waals surface area contributed by atoms with Crippen LogP contribution in [-0.4, -0.2) is 52.0 Å². The number of aromatic hydroxyl groups is 1. The van der Waals surface area contributed by atoms with Gasteiger partial charge in [0.05, 0.1) is 0 Å². The summed E-state index contributed by atoms with van der Waals surface area (Å²) in [6.07, 6.45) is 4.58. The number of phenols is 1. The van der Waals surface area contributed by atoms with Gasteiger partial charge in [0.2, 0.25) is 11.8 Å². The molecule has 0 heterocycles. The number of amides is 4. The Balaban J connectivity index is 2.02. The zero-order chi connectivity index (χ0) is 33.7. The van der Waals surface area contributed by atoms with Crippen LogP contribution in [0.25, 0.3) is 10.8 Å². The summed E-state index contributed by atoms with van der Waals surface area (Å²) in [6.45, 7) is 7.43. The number of unbranched alkanes of at least 4 members (excludes halogenated alkanes) is 5. The number of benzene rings is 3. The Morgan fingerprint density at radius 3 is 2.26 bits per heavy atom. The van der Waals surface area contributed by atoms with Gasteiger partial charge in [-0.15, -0.1) is 0 Å². The average molecular weight is 633 g/mol. The molecule has 46 heavy (non-hydrogen) atoms. The van der Waals surface area contributed by atoms with Crippen LogP contribution in [0.4, 0.5) is 10.5 Å². The summed E-state index contributed by atoms with van der Waals surface area (Å²) in [5.41, 5.74) is 5.53. The van der Waals surface area contributed by atoms with Crippen molar-refractivity contribution in [2.45, 2.75) is 96.7 Å². The zero-order valence-electron chi connectivity index (χ0n) is 27.4. The first-order valence-corrected chi connectivity index (χ1v) is 16.0. The lowest BCUT2D eigenvalue weighted by molar-refractivity contribution is -0.141. The molecule has 0 saturated heterocycles. The number of anilines is 1. The van der Waals surface area contributed by atoms with Gasteiger partial charge in [0.1, 0.15) is 23.4 Å². The van der Waals surface area contributed by atoms with Crippen molar-refractivity contribution in [2.75, 3.05) is 11.9 Å². The highest BCUT2D eigenvalue weighted by Gasteiger charge is 2.36. The number of phenolic OH excluding ortho intramolecular Hbond substituents is 1. The third kappa shape index (κ3) is 11.4. The van der Waals surface area contributed by atoms with Crippen LogP contribution in [0.3, 0.4) is 0 Å². The molecule has 0 spiro atoms. The Labute approximate surface area is 271 Å². The predicted octanol–water partition coefficient (Wildman–Crippen LogP) is 6.57. The second-order valence-electron chi connectivity index (χ2n) is 12.6. The number of hydrogen-bond donors (Lipinski definition) is 4. The molecule has 5 N–H and O–H groups in total. The van der Waals surface area contributed by atoms with Gasteiger partial charge in [-0.1, -0.05) is 81.5 Å². The van der Waals surface area contributed by atoms with Crippen LogP contribution in [0.15, 0.2) is 66.7 Å². The zero-order valence-corrected chi connectivity index (χ0v) is 27.4. The Bertz CT molecular complexity index is 1480. The molecular formula is C36H48N4O6. The SMILES string of the molecule is CCCCCCCCN(C(=O)C(CCC(N)=O)NC(=O)OC(C)(C)C)C(C(=O)Nc1ccc2ccccc2c1)c1cccc(O)c1. The van der Waals surface area contributed by atoms with Gasteiger partial charge in [-0.25, -0.2) is 4.79 Å². The van der Waals surface area contributed by atoms with Crippen molar-refractivity contribution in [1.82, 2.24) is 10.2 Å². The Kier molecular flexibility index (Phi) is 13.4. The third-order valence-electron chi connectivity index (χ3n) is 7.47. The molecule has 0 radical (unpaired) electrons. The smallest absolute Gasteiger partial charge is 0.408 e. The Morgan fingerprint density at radius 1 is 0.891 bits per heavy atom. The second kappa shape index (κ2) is 17.2. The van der Waals surface area contributed by atoms with Crippen molar-refractivity contribution in [3.63, 3.8) is 0 Å². The monoisotopic (exact) mass is 632 g/mol. The molecule has 3 aromatic rings. The first kappa shape index (κ1) is 35.9. The van der Waals surface area contributed by atoms with Crippen LogP contribution in [-0.2, 0) is 19.1 Å². The standard InChI is InChI=1S/C36H48N4O6/c1-5-6-7-8-9-12-22-40(34(44)30(20-21-31(37)42)39-35(45)46-36(2,3)4)32(27-16-13-17-29(41)24-27)33(43)38-28-19-18-25-14-10-11-15-26(25)23-28/h10-11,13-19,23-24,30,32,41H,5-9,12,20-22H2,1-4H3,(H2,37,42)(H,38,43)(H,39,45). The summed E-state index contributed by atoms with van der Waals surface area (Å²) in [7, 11) is 0. The molecule has 248 valence electrons. The highest BCUT2D eigenvalue weighted by molar-refractivity contribution is 6.00. The number of alkyl carbamates (subject to hydrolysis) is 1. The highest BCUT2D eigenvalue weighted by atomic mass is 16.6. The van der Waals surface area contributed by atoms with E-state index in [-0.39, 0.29) is 25.1 Å². The van der Waals surface area contributed by atoms with Gasteiger partial charge < -0.3 is 31.1 Å². The van der Waals surface area contributed by atoms with Crippen LogP contribution < -0.4 is 16.4 Å². The summed E-state index contributed by atoms with van der Waals surface area (Å²) in [6, 6.07) is 17.2. The molecule has 4 amide bonds. The van der Waals surface area contributed by atoms with E-state index in [0.717, 1.165) is 42.9 Å². The van der Waals surface area contributed by atoms with E-state index in [1.165, 1.54) is 17.0 Å². The highest BCUT2D eigenvalue weighted by Crippen LogP contribution is 2.29. The van der Waals surface area contributed by atoms with E-state index in [0.29, 0.717) is 17.7 Å². The lowest BCUT2D eigenvalue weighted by atomic mass is 10.00. The Hall–Kier alpha value is -4.60.